The molecule has 1 heterocycles. The van der Waals surface area contributed by atoms with Gasteiger partial charge in [0.05, 0.1) is 16.8 Å². The Balaban J connectivity index is 2.60. The molecule has 0 aromatic carbocycles. The van der Waals surface area contributed by atoms with E-state index in [9.17, 15) is 0 Å². The minimum Gasteiger partial charge on any atom is -0.381 e. The van der Waals surface area contributed by atoms with Crippen molar-refractivity contribution in [2.75, 3.05) is 13.7 Å². The van der Waals surface area contributed by atoms with E-state index in [4.69, 9.17) is 9.72 Å². The van der Waals surface area contributed by atoms with Crippen LogP contribution in [-0.4, -0.2) is 24.7 Å². The Hall–Kier alpha value is -0.450. The third-order valence-corrected chi connectivity index (χ3v) is 3.98. The number of methoxy groups -OCH3 is 1. The topological polar surface area (TPSA) is 34.1 Å². The highest BCUT2D eigenvalue weighted by molar-refractivity contribution is 7.11. The molecule has 1 atom stereocenters. The molecule has 4 heteroatoms. The second kappa shape index (κ2) is 7.87. The fraction of sp³-hybridized carbons (Fsp3) is 0.786. The van der Waals surface area contributed by atoms with Crippen molar-refractivity contribution in [2.24, 2.45) is 5.92 Å². The van der Waals surface area contributed by atoms with Gasteiger partial charge >= 0.3 is 0 Å². The van der Waals surface area contributed by atoms with Crippen molar-refractivity contribution >= 4 is 11.3 Å². The van der Waals surface area contributed by atoms with Gasteiger partial charge in [-0.2, -0.15) is 0 Å². The predicted molar refractivity (Wildman–Crippen MR) is 78.2 cm³/mol. The summed E-state index contributed by atoms with van der Waals surface area (Å²) in [6, 6.07) is 0. The highest BCUT2D eigenvalue weighted by atomic mass is 32.1. The fourth-order valence-corrected chi connectivity index (χ4v) is 2.98. The van der Waals surface area contributed by atoms with E-state index in [1.54, 1.807) is 7.11 Å². The van der Waals surface area contributed by atoms with Gasteiger partial charge in [-0.3, -0.25) is 0 Å². The SMILES string of the molecule is CCc1nc(CC(C)OC)sc1CNCC(C)C. The summed E-state index contributed by atoms with van der Waals surface area (Å²) >= 11 is 1.83. The summed E-state index contributed by atoms with van der Waals surface area (Å²) in [4.78, 5) is 6.10. The van der Waals surface area contributed by atoms with Gasteiger partial charge in [0.1, 0.15) is 0 Å². The third-order valence-electron chi connectivity index (χ3n) is 2.86. The van der Waals surface area contributed by atoms with E-state index in [1.165, 1.54) is 15.6 Å². The van der Waals surface area contributed by atoms with E-state index in [2.05, 4.69) is 33.0 Å². The number of nitrogens with one attached hydrogen (secondary N) is 1. The van der Waals surface area contributed by atoms with Crippen LogP contribution in [0, 0.1) is 5.92 Å². The first kappa shape index (κ1) is 15.6. The third kappa shape index (κ3) is 5.04. The molecule has 0 aliphatic carbocycles. The molecule has 1 unspecified atom stereocenters. The quantitative estimate of drug-likeness (QED) is 0.788. The molecule has 0 saturated heterocycles. The largest absolute Gasteiger partial charge is 0.381 e. The average molecular weight is 270 g/mol. The lowest BCUT2D eigenvalue weighted by atomic mass is 10.2. The number of rotatable bonds is 8. The van der Waals surface area contributed by atoms with Crippen LogP contribution in [0.4, 0.5) is 0 Å². The van der Waals surface area contributed by atoms with Gasteiger partial charge < -0.3 is 10.1 Å². The van der Waals surface area contributed by atoms with Crippen molar-refractivity contribution in [3.05, 3.63) is 15.6 Å². The lowest BCUT2D eigenvalue weighted by Gasteiger charge is -2.06. The molecule has 1 rings (SSSR count). The number of hydrogen-bond acceptors (Lipinski definition) is 4. The standard InChI is InChI=1S/C14H26N2OS/c1-6-12-13(9-15-8-10(2)3)18-14(16-12)7-11(4)17-5/h10-11,15H,6-9H2,1-5H3. The molecule has 0 aliphatic rings. The molecule has 0 spiro atoms. The van der Waals surface area contributed by atoms with Gasteiger partial charge in [-0.05, 0) is 25.8 Å². The van der Waals surface area contributed by atoms with Crippen molar-refractivity contribution in [1.29, 1.82) is 0 Å². The monoisotopic (exact) mass is 270 g/mol. The lowest BCUT2D eigenvalue weighted by Crippen LogP contribution is -2.18. The van der Waals surface area contributed by atoms with Gasteiger partial charge in [-0.25, -0.2) is 4.98 Å². The smallest absolute Gasteiger partial charge is 0.0957 e. The maximum atomic E-state index is 5.30. The molecule has 0 aliphatic heterocycles. The minimum absolute atomic E-state index is 0.248. The number of hydrogen-bond donors (Lipinski definition) is 1. The fourth-order valence-electron chi connectivity index (χ4n) is 1.74. The summed E-state index contributed by atoms with van der Waals surface area (Å²) in [6.45, 7) is 10.7. The van der Waals surface area contributed by atoms with Crippen LogP contribution < -0.4 is 5.32 Å². The molecule has 18 heavy (non-hydrogen) atoms. The Bertz CT molecular complexity index is 350. The summed E-state index contributed by atoms with van der Waals surface area (Å²) in [5, 5.41) is 4.69. The van der Waals surface area contributed by atoms with E-state index < -0.39 is 0 Å². The van der Waals surface area contributed by atoms with E-state index in [0.717, 1.165) is 25.9 Å². The van der Waals surface area contributed by atoms with Crippen molar-refractivity contribution < 1.29 is 4.74 Å². The number of aryl methyl sites for hydroxylation is 1. The maximum Gasteiger partial charge on any atom is 0.0957 e. The zero-order chi connectivity index (χ0) is 13.5. The van der Waals surface area contributed by atoms with Crippen molar-refractivity contribution in [2.45, 2.75) is 53.2 Å². The second-order valence-corrected chi connectivity index (χ2v) is 6.27. The van der Waals surface area contributed by atoms with E-state index in [0.29, 0.717) is 5.92 Å². The highest BCUT2D eigenvalue weighted by Crippen LogP contribution is 2.21. The van der Waals surface area contributed by atoms with Gasteiger partial charge in [-0.1, -0.05) is 20.8 Å². The highest BCUT2D eigenvalue weighted by Gasteiger charge is 2.12. The first-order valence-corrected chi connectivity index (χ1v) is 7.59. The predicted octanol–water partition coefficient (Wildman–Crippen LogP) is 3.03. The average Bonchev–Trinajstić information content (AvgIpc) is 2.70. The number of thiazole rings is 1. The van der Waals surface area contributed by atoms with Crippen LogP contribution in [0.15, 0.2) is 0 Å². The molecule has 1 N–H and O–H groups in total. The van der Waals surface area contributed by atoms with Crippen LogP contribution >= 0.6 is 11.3 Å². The summed E-state index contributed by atoms with van der Waals surface area (Å²) in [5.41, 5.74) is 1.24. The molecule has 0 saturated carbocycles. The molecule has 0 fully saturated rings. The van der Waals surface area contributed by atoms with Gasteiger partial charge in [0, 0.05) is 25.0 Å². The molecule has 3 nitrogen and oxygen atoms in total. The van der Waals surface area contributed by atoms with Crippen LogP contribution in [0.1, 0.15) is 43.3 Å². The van der Waals surface area contributed by atoms with Crippen LogP contribution in [0.25, 0.3) is 0 Å². The maximum absolute atomic E-state index is 5.30. The molecule has 0 amide bonds. The molecule has 1 aromatic rings. The Morgan fingerprint density at radius 2 is 2.06 bits per heavy atom. The van der Waals surface area contributed by atoms with Crippen LogP contribution in [0.3, 0.4) is 0 Å². The Kier molecular flexibility index (Phi) is 6.82. The van der Waals surface area contributed by atoms with Gasteiger partial charge in [0.15, 0.2) is 0 Å². The van der Waals surface area contributed by atoms with E-state index in [1.807, 2.05) is 11.3 Å². The Morgan fingerprint density at radius 1 is 1.33 bits per heavy atom. The lowest BCUT2D eigenvalue weighted by molar-refractivity contribution is 0.118. The van der Waals surface area contributed by atoms with E-state index >= 15 is 0 Å². The zero-order valence-corrected chi connectivity index (χ0v) is 13.1. The summed E-state index contributed by atoms with van der Waals surface area (Å²) in [7, 11) is 1.75. The molecule has 1 aromatic heterocycles. The molecule has 0 bridgehead atoms. The van der Waals surface area contributed by atoms with Crippen LogP contribution in [0.5, 0.6) is 0 Å². The summed E-state index contributed by atoms with van der Waals surface area (Å²) in [6.07, 6.45) is 2.17. The van der Waals surface area contributed by atoms with Gasteiger partial charge in [0.25, 0.3) is 0 Å². The van der Waals surface area contributed by atoms with Crippen LogP contribution in [-0.2, 0) is 24.1 Å². The number of aromatic nitrogens is 1. The van der Waals surface area contributed by atoms with Gasteiger partial charge in [-0.15, -0.1) is 11.3 Å². The first-order valence-electron chi connectivity index (χ1n) is 6.77. The molecular formula is C14H26N2OS. The van der Waals surface area contributed by atoms with E-state index in [-0.39, 0.29) is 6.10 Å². The summed E-state index contributed by atoms with van der Waals surface area (Å²) < 4.78 is 5.30. The van der Waals surface area contributed by atoms with Crippen LogP contribution in [0.2, 0.25) is 0 Å². The first-order chi connectivity index (χ1) is 8.56. The minimum atomic E-state index is 0.248. The zero-order valence-electron chi connectivity index (χ0n) is 12.2. The Labute approximate surface area is 115 Å². The van der Waals surface area contributed by atoms with Crippen molar-refractivity contribution in [3.63, 3.8) is 0 Å². The van der Waals surface area contributed by atoms with Gasteiger partial charge in [0.2, 0.25) is 0 Å². The molecule has 0 radical (unpaired) electrons. The van der Waals surface area contributed by atoms with Crippen molar-refractivity contribution in [3.8, 4) is 0 Å². The Morgan fingerprint density at radius 3 is 2.61 bits per heavy atom. The summed E-state index contributed by atoms with van der Waals surface area (Å²) in [5.74, 6) is 0.691. The second-order valence-electron chi connectivity index (χ2n) is 5.11. The molecular weight excluding hydrogens is 244 g/mol. The number of nitrogens with zero attached hydrogens (tertiary/aromatic N) is 1. The number of ether oxygens (including phenoxy) is 1. The molecule has 104 valence electrons. The van der Waals surface area contributed by atoms with Crippen molar-refractivity contribution in [1.82, 2.24) is 10.3 Å². The normalized spacial score (nSPS) is 13.2.